The van der Waals surface area contributed by atoms with E-state index in [-0.39, 0.29) is 0 Å². The molecule has 0 spiro atoms. The molecule has 0 atom stereocenters. The van der Waals surface area contributed by atoms with Crippen molar-refractivity contribution in [3.63, 3.8) is 0 Å². The number of nitrogens with one attached hydrogen (secondary N) is 1. The second-order valence-corrected chi connectivity index (χ2v) is 6.06. The first-order chi connectivity index (χ1) is 13.4. The summed E-state index contributed by atoms with van der Waals surface area (Å²) in [7, 11) is 0. The minimum absolute atomic E-state index is 0.428. The number of oxazole rings is 1. The van der Waals surface area contributed by atoms with Crippen LogP contribution in [0, 0.1) is 0 Å². The van der Waals surface area contributed by atoms with E-state index in [0.29, 0.717) is 18.3 Å². The van der Waals surface area contributed by atoms with Crippen LogP contribution in [0.4, 0.5) is 5.82 Å². The maximum absolute atomic E-state index is 5.79. The molecule has 0 aliphatic carbocycles. The Kier molecular flexibility index (Phi) is 3.72. The number of fused-ring (bicyclic) bond motifs is 2. The highest BCUT2D eigenvalue weighted by molar-refractivity contribution is 5.90. The summed E-state index contributed by atoms with van der Waals surface area (Å²) in [4.78, 5) is 18.2. The van der Waals surface area contributed by atoms with Crippen LogP contribution in [-0.4, -0.2) is 19.9 Å². The molecule has 5 aromatic rings. The molecule has 0 bridgehead atoms. The predicted octanol–water partition coefficient (Wildman–Crippen LogP) is 4.45. The van der Waals surface area contributed by atoms with Gasteiger partial charge in [0.1, 0.15) is 17.0 Å². The van der Waals surface area contributed by atoms with Crippen molar-refractivity contribution >= 4 is 27.8 Å². The van der Waals surface area contributed by atoms with Crippen LogP contribution in [0.25, 0.3) is 33.5 Å². The first-order valence-electron chi connectivity index (χ1n) is 8.63. The summed E-state index contributed by atoms with van der Waals surface area (Å²) in [6.07, 6.45) is 1.74. The van der Waals surface area contributed by atoms with Crippen molar-refractivity contribution < 1.29 is 4.42 Å². The Balaban J connectivity index is 1.53. The molecule has 27 heavy (non-hydrogen) atoms. The first-order valence-corrected chi connectivity index (χ1v) is 8.63. The normalized spacial score (nSPS) is 11.1. The Morgan fingerprint density at radius 1 is 0.778 bits per heavy atom. The monoisotopic (exact) mass is 353 g/mol. The standard InChI is InChI=1S/C21H15N5O/c1-2-8-15-14(7-1)20(26-21(25-15)17-10-5-6-12-22-17)23-13-19-24-16-9-3-4-11-18(16)27-19/h1-12H,13H2,(H,23,25,26). The summed E-state index contributed by atoms with van der Waals surface area (Å²) in [6.45, 7) is 0.428. The highest BCUT2D eigenvalue weighted by Crippen LogP contribution is 2.24. The van der Waals surface area contributed by atoms with Crippen molar-refractivity contribution in [2.75, 3.05) is 5.32 Å². The zero-order valence-corrected chi connectivity index (χ0v) is 14.3. The van der Waals surface area contributed by atoms with Gasteiger partial charge in [0.15, 0.2) is 11.4 Å². The summed E-state index contributed by atoms with van der Waals surface area (Å²) >= 11 is 0. The van der Waals surface area contributed by atoms with Crippen molar-refractivity contribution in [3.8, 4) is 11.5 Å². The van der Waals surface area contributed by atoms with E-state index in [1.54, 1.807) is 6.20 Å². The molecule has 6 heteroatoms. The maximum atomic E-state index is 5.79. The molecule has 0 aliphatic rings. The minimum atomic E-state index is 0.428. The summed E-state index contributed by atoms with van der Waals surface area (Å²) in [5.41, 5.74) is 3.20. The molecule has 3 aromatic heterocycles. The van der Waals surface area contributed by atoms with E-state index in [4.69, 9.17) is 4.42 Å². The highest BCUT2D eigenvalue weighted by atomic mass is 16.3. The van der Waals surface area contributed by atoms with Gasteiger partial charge in [0.2, 0.25) is 5.89 Å². The molecule has 0 saturated carbocycles. The minimum Gasteiger partial charge on any atom is -0.439 e. The van der Waals surface area contributed by atoms with Crippen molar-refractivity contribution in [1.82, 2.24) is 19.9 Å². The lowest BCUT2D eigenvalue weighted by molar-refractivity contribution is 0.540. The van der Waals surface area contributed by atoms with Crippen LogP contribution in [0.5, 0.6) is 0 Å². The van der Waals surface area contributed by atoms with E-state index in [1.807, 2.05) is 66.7 Å². The number of anilines is 1. The third-order valence-electron chi connectivity index (χ3n) is 4.24. The van der Waals surface area contributed by atoms with Crippen LogP contribution in [0.15, 0.2) is 77.3 Å². The second kappa shape index (κ2) is 6.49. The first kappa shape index (κ1) is 15.5. The smallest absolute Gasteiger partial charge is 0.214 e. The van der Waals surface area contributed by atoms with Gasteiger partial charge in [-0.1, -0.05) is 30.3 Å². The number of pyridine rings is 1. The maximum Gasteiger partial charge on any atom is 0.214 e. The summed E-state index contributed by atoms with van der Waals surface area (Å²) < 4.78 is 5.79. The predicted molar refractivity (Wildman–Crippen MR) is 104 cm³/mol. The second-order valence-electron chi connectivity index (χ2n) is 6.06. The third kappa shape index (κ3) is 2.97. The Hall–Kier alpha value is -3.80. The van der Waals surface area contributed by atoms with Gasteiger partial charge in [-0.3, -0.25) is 4.98 Å². The number of hydrogen-bond acceptors (Lipinski definition) is 6. The molecule has 1 N–H and O–H groups in total. The van der Waals surface area contributed by atoms with Gasteiger partial charge in [0, 0.05) is 11.6 Å². The van der Waals surface area contributed by atoms with Crippen LogP contribution in [0.1, 0.15) is 5.89 Å². The molecule has 130 valence electrons. The quantitative estimate of drug-likeness (QED) is 0.514. The highest BCUT2D eigenvalue weighted by Gasteiger charge is 2.11. The van der Waals surface area contributed by atoms with Gasteiger partial charge in [-0.15, -0.1) is 0 Å². The van der Waals surface area contributed by atoms with Crippen molar-refractivity contribution in [2.24, 2.45) is 0 Å². The SMILES string of the molecule is c1ccc(-c2nc(NCc3nc4ccccc4o3)c3ccccc3n2)nc1. The molecule has 0 radical (unpaired) electrons. The number of hydrogen-bond donors (Lipinski definition) is 1. The van der Waals surface area contributed by atoms with Crippen LogP contribution in [-0.2, 0) is 6.54 Å². The zero-order valence-electron chi connectivity index (χ0n) is 14.3. The largest absolute Gasteiger partial charge is 0.439 e. The van der Waals surface area contributed by atoms with E-state index >= 15 is 0 Å². The molecule has 5 rings (SSSR count). The number of para-hydroxylation sites is 3. The van der Waals surface area contributed by atoms with E-state index in [9.17, 15) is 0 Å². The fourth-order valence-corrected chi connectivity index (χ4v) is 2.98. The lowest BCUT2D eigenvalue weighted by Crippen LogP contribution is -2.04. The van der Waals surface area contributed by atoms with Crippen LogP contribution in [0.2, 0.25) is 0 Å². The Labute approximate surface area is 154 Å². The van der Waals surface area contributed by atoms with Gasteiger partial charge in [-0.05, 0) is 36.4 Å². The van der Waals surface area contributed by atoms with E-state index in [2.05, 4.69) is 25.3 Å². The molecule has 0 aliphatic heterocycles. The fraction of sp³-hybridized carbons (Fsp3) is 0.0476. The summed E-state index contributed by atoms with van der Waals surface area (Å²) in [5.74, 6) is 1.91. The van der Waals surface area contributed by atoms with Crippen LogP contribution < -0.4 is 5.32 Å². The van der Waals surface area contributed by atoms with E-state index in [0.717, 1.165) is 33.5 Å². The van der Waals surface area contributed by atoms with Gasteiger partial charge < -0.3 is 9.73 Å². The van der Waals surface area contributed by atoms with Crippen molar-refractivity contribution in [2.45, 2.75) is 6.54 Å². The lowest BCUT2D eigenvalue weighted by atomic mass is 10.2. The van der Waals surface area contributed by atoms with Crippen LogP contribution in [0.3, 0.4) is 0 Å². The summed E-state index contributed by atoms with van der Waals surface area (Å²) in [6, 6.07) is 21.3. The van der Waals surface area contributed by atoms with Crippen molar-refractivity contribution in [3.05, 3.63) is 78.8 Å². The molecule has 2 aromatic carbocycles. The third-order valence-corrected chi connectivity index (χ3v) is 4.24. The Bertz CT molecular complexity index is 1200. The van der Waals surface area contributed by atoms with E-state index < -0.39 is 0 Å². The van der Waals surface area contributed by atoms with E-state index in [1.165, 1.54) is 0 Å². The summed E-state index contributed by atoms with van der Waals surface area (Å²) in [5, 5.41) is 4.28. The average molecular weight is 353 g/mol. The molecule has 0 amide bonds. The topological polar surface area (TPSA) is 76.7 Å². The van der Waals surface area contributed by atoms with Crippen molar-refractivity contribution in [1.29, 1.82) is 0 Å². The van der Waals surface area contributed by atoms with Gasteiger partial charge >= 0.3 is 0 Å². The number of aromatic nitrogens is 4. The molecule has 0 fully saturated rings. The lowest BCUT2D eigenvalue weighted by Gasteiger charge is -2.09. The molecule has 0 unspecified atom stereocenters. The van der Waals surface area contributed by atoms with Gasteiger partial charge in [-0.25, -0.2) is 15.0 Å². The number of rotatable bonds is 4. The fourth-order valence-electron chi connectivity index (χ4n) is 2.98. The number of nitrogens with zero attached hydrogens (tertiary/aromatic N) is 4. The Morgan fingerprint density at radius 2 is 1.59 bits per heavy atom. The van der Waals surface area contributed by atoms with Gasteiger partial charge in [0.25, 0.3) is 0 Å². The molecule has 6 nitrogen and oxygen atoms in total. The van der Waals surface area contributed by atoms with Gasteiger partial charge in [0.05, 0.1) is 12.1 Å². The number of benzene rings is 2. The van der Waals surface area contributed by atoms with Crippen LogP contribution >= 0.6 is 0 Å². The zero-order chi connectivity index (χ0) is 18.1. The molecular formula is C21H15N5O. The Morgan fingerprint density at radius 3 is 2.44 bits per heavy atom. The van der Waals surface area contributed by atoms with Gasteiger partial charge in [-0.2, -0.15) is 0 Å². The average Bonchev–Trinajstić information content (AvgIpc) is 3.15. The molecular weight excluding hydrogens is 338 g/mol. The molecule has 0 saturated heterocycles. The molecule has 3 heterocycles.